The number of nitrogens with zero attached hydrogens (tertiary/aromatic N) is 4. The number of morpholine rings is 1. The lowest BCUT2D eigenvalue weighted by Gasteiger charge is -2.31. The van der Waals surface area contributed by atoms with Crippen LogP contribution in [-0.2, 0) is 22.6 Å². The highest BCUT2D eigenvalue weighted by Crippen LogP contribution is 2.27. The van der Waals surface area contributed by atoms with Gasteiger partial charge in [-0.25, -0.2) is 9.37 Å². The third-order valence-electron chi connectivity index (χ3n) is 6.21. The minimum Gasteiger partial charge on any atom is -0.379 e. The van der Waals surface area contributed by atoms with Gasteiger partial charge in [0, 0.05) is 51.0 Å². The molecule has 162 valence electrons. The molecule has 2 aromatic rings. The second-order valence-electron chi connectivity index (χ2n) is 8.29. The van der Waals surface area contributed by atoms with Gasteiger partial charge < -0.3 is 14.2 Å². The monoisotopic (exact) mass is 414 g/mol. The third-order valence-corrected chi connectivity index (χ3v) is 6.21. The fourth-order valence-electron chi connectivity index (χ4n) is 4.38. The molecule has 0 atom stereocenters. The smallest absolute Gasteiger partial charge is 0.226 e. The summed E-state index contributed by atoms with van der Waals surface area (Å²) in [7, 11) is 0. The third kappa shape index (κ3) is 5.46. The number of benzene rings is 1. The number of carbonyl (C=O) groups excluding carboxylic acids is 1. The fraction of sp³-hybridized carbons (Fsp3) is 0.565. The molecule has 0 radical (unpaired) electrons. The van der Waals surface area contributed by atoms with Gasteiger partial charge >= 0.3 is 0 Å². The van der Waals surface area contributed by atoms with Crippen LogP contribution in [-0.4, -0.2) is 64.7 Å². The number of amides is 1. The maximum Gasteiger partial charge on any atom is 0.226 e. The molecule has 0 N–H and O–H groups in total. The van der Waals surface area contributed by atoms with Crippen molar-refractivity contribution in [2.24, 2.45) is 5.92 Å². The van der Waals surface area contributed by atoms with Crippen LogP contribution in [0.4, 0.5) is 4.39 Å². The van der Waals surface area contributed by atoms with E-state index in [1.807, 2.05) is 11.1 Å². The van der Waals surface area contributed by atoms with Gasteiger partial charge in [0.05, 0.1) is 19.8 Å². The molecule has 0 unspecified atom stereocenters. The van der Waals surface area contributed by atoms with Gasteiger partial charge in [-0.1, -0.05) is 25.0 Å². The number of halogens is 1. The van der Waals surface area contributed by atoms with E-state index in [-0.39, 0.29) is 17.6 Å². The molecule has 30 heavy (non-hydrogen) atoms. The summed E-state index contributed by atoms with van der Waals surface area (Å²) in [6, 6.07) is 6.53. The van der Waals surface area contributed by atoms with Crippen LogP contribution in [0, 0.1) is 11.7 Å². The first-order valence-electron chi connectivity index (χ1n) is 11.0. The van der Waals surface area contributed by atoms with E-state index in [2.05, 4.69) is 14.5 Å². The van der Waals surface area contributed by atoms with Gasteiger partial charge in [0.1, 0.15) is 11.6 Å². The van der Waals surface area contributed by atoms with E-state index in [4.69, 9.17) is 4.74 Å². The molecule has 0 spiro atoms. The quantitative estimate of drug-likeness (QED) is 0.667. The molecule has 1 saturated carbocycles. The van der Waals surface area contributed by atoms with Crippen LogP contribution in [0.1, 0.15) is 37.1 Å². The number of aromatic nitrogens is 2. The van der Waals surface area contributed by atoms with E-state index in [1.54, 1.807) is 18.3 Å². The molecule has 1 saturated heterocycles. The summed E-state index contributed by atoms with van der Waals surface area (Å²) < 4.78 is 20.7. The van der Waals surface area contributed by atoms with Gasteiger partial charge in [0.15, 0.2) is 0 Å². The summed E-state index contributed by atoms with van der Waals surface area (Å²) >= 11 is 0. The van der Waals surface area contributed by atoms with Gasteiger partial charge in [-0.05, 0) is 30.5 Å². The average Bonchev–Trinajstić information content (AvgIpc) is 3.45. The zero-order valence-electron chi connectivity index (χ0n) is 17.5. The van der Waals surface area contributed by atoms with Gasteiger partial charge in [0.25, 0.3) is 0 Å². The van der Waals surface area contributed by atoms with Gasteiger partial charge in [-0.3, -0.25) is 9.69 Å². The summed E-state index contributed by atoms with van der Waals surface area (Å²) in [5.41, 5.74) is 1.01. The molecule has 6 nitrogen and oxygen atoms in total. The van der Waals surface area contributed by atoms with Crippen molar-refractivity contribution in [3.63, 3.8) is 0 Å². The van der Waals surface area contributed by atoms with Gasteiger partial charge in [0.2, 0.25) is 5.91 Å². The topological polar surface area (TPSA) is 50.6 Å². The number of hydrogen-bond donors (Lipinski definition) is 0. The van der Waals surface area contributed by atoms with Crippen LogP contribution < -0.4 is 0 Å². The molecule has 1 aliphatic carbocycles. The van der Waals surface area contributed by atoms with E-state index >= 15 is 0 Å². The van der Waals surface area contributed by atoms with E-state index in [0.29, 0.717) is 19.6 Å². The highest BCUT2D eigenvalue weighted by atomic mass is 19.1. The second-order valence-corrected chi connectivity index (χ2v) is 8.29. The first-order valence-corrected chi connectivity index (χ1v) is 11.0. The second kappa shape index (κ2) is 10.2. The number of imidazole rings is 1. The number of ether oxygens (including phenoxy) is 1. The van der Waals surface area contributed by atoms with Crippen LogP contribution >= 0.6 is 0 Å². The lowest BCUT2D eigenvalue weighted by Crippen LogP contribution is -2.44. The molecule has 1 aromatic heterocycles. The number of hydrogen-bond acceptors (Lipinski definition) is 4. The fourth-order valence-corrected chi connectivity index (χ4v) is 4.38. The lowest BCUT2D eigenvalue weighted by molar-refractivity contribution is -0.136. The summed E-state index contributed by atoms with van der Waals surface area (Å²) in [5.74, 6) is 1.04. The van der Waals surface area contributed by atoms with E-state index in [1.165, 1.54) is 12.1 Å². The highest BCUT2D eigenvalue weighted by molar-refractivity contribution is 5.79. The molecule has 2 aliphatic rings. The first kappa shape index (κ1) is 21.0. The predicted molar refractivity (Wildman–Crippen MR) is 112 cm³/mol. The van der Waals surface area contributed by atoms with Crippen LogP contribution in [0.15, 0.2) is 36.7 Å². The van der Waals surface area contributed by atoms with Crippen LogP contribution in [0.2, 0.25) is 0 Å². The van der Waals surface area contributed by atoms with Crippen LogP contribution in [0.25, 0.3) is 0 Å². The molecular formula is C23H31FN4O2. The van der Waals surface area contributed by atoms with E-state index in [0.717, 1.165) is 69.9 Å². The Kier molecular flexibility index (Phi) is 7.12. The summed E-state index contributed by atoms with van der Waals surface area (Å²) in [4.78, 5) is 22.1. The molecule has 1 aliphatic heterocycles. The standard InChI is InChI=1S/C23H31FN4O2/c24-21-7-5-19(6-8-21)17-27-10-9-25-22(27)18-28(23(29)20-3-1-2-4-20)12-11-26-13-15-30-16-14-26/h5-10,20H,1-4,11-18H2. The van der Waals surface area contributed by atoms with Crippen molar-refractivity contribution >= 4 is 5.91 Å². The van der Waals surface area contributed by atoms with Crippen LogP contribution in [0.5, 0.6) is 0 Å². The minimum absolute atomic E-state index is 0.148. The van der Waals surface area contributed by atoms with E-state index < -0.39 is 0 Å². The molecule has 2 fully saturated rings. The van der Waals surface area contributed by atoms with Crippen molar-refractivity contribution < 1.29 is 13.9 Å². The van der Waals surface area contributed by atoms with Crippen molar-refractivity contribution in [1.29, 1.82) is 0 Å². The zero-order valence-corrected chi connectivity index (χ0v) is 17.5. The molecule has 0 bridgehead atoms. The predicted octanol–water partition coefficient (Wildman–Crippen LogP) is 2.92. The molecule has 4 rings (SSSR count). The first-order chi connectivity index (χ1) is 14.7. The van der Waals surface area contributed by atoms with Crippen molar-refractivity contribution in [3.8, 4) is 0 Å². The van der Waals surface area contributed by atoms with Crippen molar-refractivity contribution in [1.82, 2.24) is 19.4 Å². The highest BCUT2D eigenvalue weighted by Gasteiger charge is 2.28. The van der Waals surface area contributed by atoms with E-state index in [9.17, 15) is 9.18 Å². The largest absolute Gasteiger partial charge is 0.379 e. The summed E-state index contributed by atoms with van der Waals surface area (Å²) in [6.07, 6.45) is 7.99. The maximum absolute atomic E-state index is 13.3. The van der Waals surface area contributed by atoms with Crippen molar-refractivity contribution in [2.75, 3.05) is 39.4 Å². The Hall–Kier alpha value is -2.25. The lowest BCUT2D eigenvalue weighted by atomic mass is 10.1. The molecule has 2 heterocycles. The van der Waals surface area contributed by atoms with Gasteiger partial charge in [-0.2, -0.15) is 0 Å². The van der Waals surface area contributed by atoms with Gasteiger partial charge in [-0.15, -0.1) is 0 Å². The number of rotatable bonds is 8. The van der Waals surface area contributed by atoms with Crippen molar-refractivity contribution in [3.05, 3.63) is 53.9 Å². The zero-order chi connectivity index (χ0) is 20.8. The van der Waals surface area contributed by atoms with Crippen LogP contribution in [0.3, 0.4) is 0 Å². The Balaban J connectivity index is 1.44. The molecule has 1 aromatic carbocycles. The maximum atomic E-state index is 13.3. The Morgan fingerprint density at radius 3 is 2.63 bits per heavy atom. The Bertz CT molecular complexity index is 811. The Labute approximate surface area is 177 Å². The minimum atomic E-state index is -0.235. The summed E-state index contributed by atoms with van der Waals surface area (Å²) in [5, 5.41) is 0. The SMILES string of the molecule is O=C(C1CCCC1)N(CCN1CCOCC1)Cc1nccn1Cc1ccc(F)cc1. The normalized spacial score (nSPS) is 18.0. The molecule has 1 amide bonds. The average molecular weight is 415 g/mol. The molecule has 7 heteroatoms. The molecular weight excluding hydrogens is 383 g/mol. The Morgan fingerprint density at radius 1 is 1.17 bits per heavy atom. The van der Waals surface area contributed by atoms with Crippen molar-refractivity contribution in [2.45, 2.75) is 38.8 Å². The summed E-state index contributed by atoms with van der Waals surface area (Å²) in [6.45, 7) is 6.06. The Morgan fingerprint density at radius 2 is 1.90 bits per heavy atom. The number of carbonyl (C=O) groups is 1.